The molecule has 0 bridgehead atoms. The van der Waals surface area contributed by atoms with Gasteiger partial charge in [-0.2, -0.15) is 0 Å². The number of hydrogen-bond acceptors (Lipinski definition) is 5. The minimum absolute atomic E-state index is 0.339. The van der Waals surface area contributed by atoms with E-state index in [4.69, 9.17) is 19.7 Å². The highest BCUT2D eigenvalue weighted by Gasteiger charge is 2.19. The average molecular weight is 313 g/mol. The molecule has 0 aliphatic heterocycles. The van der Waals surface area contributed by atoms with Gasteiger partial charge in [0.2, 0.25) is 0 Å². The van der Waals surface area contributed by atoms with E-state index < -0.39 is 0 Å². The van der Waals surface area contributed by atoms with Crippen molar-refractivity contribution in [2.45, 2.75) is 6.92 Å². The van der Waals surface area contributed by atoms with Crippen LogP contribution < -0.4 is 15.2 Å². The third-order valence-corrected chi connectivity index (χ3v) is 3.26. The van der Waals surface area contributed by atoms with E-state index in [-0.39, 0.29) is 0 Å². The van der Waals surface area contributed by atoms with Gasteiger partial charge in [0.15, 0.2) is 23.1 Å². The lowest BCUT2D eigenvalue weighted by Gasteiger charge is -2.14. The molecule has 2 aromatic rings. The Morgan fingerprint density at radius 2 is 2.00 bits per heavy atom. The molecule has 0 amide bonds. The lowest BCUT2D eigenvalue weighted by molar-refractivity contribution is 0.352. The van der Waals surface area contributed by atoms with Crippen LogP contribution in [-0.4, -0.2) is 19.4 Å². The molecule has 96 valence electrons. The van der Waals surface area contributed by atoms with Gasteiger partial charge in [-0.1, -0.05) is 5.16 Å². The number of hydrogen-bond donors (Lipinski definition) is 1. The van der Waals surface area contributed by atoms with Gasteiger partial charge in [-0.25, -0.2) is 0 Å². The van der Waals surface area contributed by atoms with E-state index in [0.29, 0.717) is 23.1 Å². The predicted octanol–water partition coefficient (Wildman–Crippen LogP) is 3.01. The number of benzene rings is 1. The molecule has 0 saturated carbocycles. The molecule has 0 saturated heterocycles. The summed E-state index contributed by atoms with van der Waals surface area (Å²) in [4.78, 5) is 0. The lowest BCUT2D eigenvalue weighted by atomic mass is 10.0. The lowest BCUT2D eigenvalue weighted by Crippen LogP contribution is -1.96. The van der Waals surface area contributed by atoms with Crippen LogP contribution in [0.1, 0.15) is 5.56 Å². The Kier molecular flexibility index (Phi) is 3.47. The predicted molar refractivity (Wildman–Crippen MR) is 71.9 cm³/mol. The Morgan fingerprint density at radius 3 is 2.50 bits per heavy atom. The number of nitrogen functional groups attached to an aromatic ring is 1. The molecule has 5 nitrogen and oxygen atoms in total. The molecular weight excluding hydrogens is 300 g/mol. The van der Waals surface area contributed by atoms with Crippen molar-refractivity contribution in [3.05, 3.63) is 22.2 Å². The van der Waals surface area contributed by atoms with Crippen LogP contribution in [0.5, 0.6) is 11.5 Å². The standard InChI is InChI=1S/C12H13BrN2O3/c1-6-11(8-5-10(14)15-18-8)7(13)4-9(16-2)12(6)17-3/h4-5H,1-3H3,(H2,14,15). The smallest absolute Gasteiger partial charge is 0.170 e. The van der Waals surface area contributed by atoms with Crippen LogP contribution in [0.4, 0.5) is 5.82 Å². The van der Waals surface area contributed by atoms with Crippen LogP contribution in [0.2, 0.25) is 0 Å². The van der Waals surface area contributed by atoms with Gasteiger partial charge in [0.05, 0.1) is 14.2 Å². The summed E-state index contributed by atoms with van der Waals surface area (Å²) in [7, 11) is 3.19. The maximum absolute atomic E-state index is 5.57. The monoisotopic (exact) mass is 312 g/mol. The second kappa shape index (κ2) is 4.89. The van der Waals surface area contributed by atoms with E-state index in [0.717, 1.165) is 15.6 Å². The van der Waals surface area contributed by atoms with Gasteiger partial charge in [-0.3, -0.25) is 0 Å². The molecule has 18 heavy (non-hydrogen) atoms. The second-order valence-electron chi connectivity index (χ2n) is 3.71. The topological polar surface area (TPSA) is 70.5 Å². The quantitative estimate of drug-likeness (QED) is 0.943. The van der Waals surface area contributed by atoms with Crippen molar-refractivity contribution < 1.29 is 14.0 Å². The molecule has 0 atom stereocenters. The number of halogens is 1. The van der Waals surface area contributed by atoms with Gasteiger partial charge < -0.3 is 19.7 Å². The van der Waals surface area contributed by atoms with Gasteiger partial charge in [0, 0.05) is 21.7 Å². The fourth-order valence-electron chi connectivity index (χ4n) is 1.84. The number of rotatable bonds is 3. The fraction of sp³-hybridized carbons (Fsp3) is 0.250. The van der Waals surface area contributed by atoms with Gasteiger partial charge in [-0.15, -0.1) is 0 Å². The fourth-order valence-corrected chi connectivity index (χ4v) is 2.55. The van der Waals surface area contributed by atoms with E-state index in [9.17, 15) is 0 Å². The minimum Gasteiger partial charge on any atom is -0.493 e. The Labute approximate surface area is 113 Å². The van der Waals surface area contributed by atoms with Crippen molar-refractivity contribution >= 4 is 21.7 Å². The molecule has 0 radical (unpaired) electrons. The molecule has 1 aromatic heterocycles. The maximum atomic E-state index is 5.57. The Hall–Kier alpha value is -1.69. The average Bonchev–Trinajstić information content (AvgIpc) is 2.75. The summed E-state index contributed by atoms with van der Waals surface area (Å²) in [5, 5.41) is 3.68. The van der Waals surface area contributed by atoms with Crippen molar-refractivity contribution in [2.24, 2.45) is 0 Å². The second-order valence-corrected chi connectivity index (χ2v) is 4.56. The molecule has 2 rings (SSSR count). The summed E-state index contributed by atoms with van der Waals surface area (Å²) in [5.74, 6) is 2.23. The number of nitrogens with two attached hydrogens (primary N) is 1. The Morgan fingerprint density at radius 1 is 1.28 bits per heavy atom. The Balaban J connectivity index is 2.68. The van der Waals surface area contributed by atoms with Crippen molar-refractivity contribution in [2.75, 3.05) is 20.0 Å². The molecule has 0 unspecified atom stereocenters. The van der Waals surface area contributed by atoms with Crippen LogP contribution >= 0.6 is 15.9 Å². The molecule has 0 aliphatic rings. The summed E-state index contributed by atoms with van der Waals surface area (Å²) in [6.07, 6.45) is 0. The van der Waals surface area contributed by atoms with E-state index in [1.807, 2.05) is 13.0 Å². The zero-order chi connectivity index (χ0) is 13.3. The number of ether oxygens (including phenoxy) is 2. The molecule has 6 heteroatoms. The summed E-state index contributed by atoms with van der Waals surface area (Å²) in [6.45, 7) is 1.92. The van der Waals surface area contributed by atoms with Crippen LogP contribution in [-0.2, 0) is 0 Å². The van der Waals surface area contributed by atoms with E-state index in [1.54, 1.807) is 20.3 Å². The first-order valence-electron chi connectivity index (χ1n) is 5.22. The van der Waals surface area contributed by atoms with E-state index in [1.165, 1.54) is 0 Å². The first-order chi connectivity index (χ1) is 8.58. The Bertz CT molecular complexity index is 581. The van der Waals surface area contributed by atoms with Gasteiger partial charge in [0.25, 0.3) is 0 Å². The van der Waals surface area contributed by atoms with Crippen LogP contribution in [0.15, 0.2) is 21.1 Å². The third-order valence-electron chi connectivity index (χ3n) is 2.63. The summed E-state index contributed by atoms with van der Waals surface area (Å²) >= 11 is 3.48. The third kappa shape index (κ3) is 2.03. The molecule has 1 aromatic carbocycles. The first kappa shape index (κ1) is 12.8. The summed E-state index contributed by atoms with van der Waals surface area (Å²) in [6, 6.07) is 3.49. The van der Waals surface area contributed by atoms with E-state index >= 15 is 0 Å². The van der Waals surface area contributed by atoms with Gasteiger partial charge in [-0.05, 0) is 28.9 Å². The molecule has 1 heterocycles. The van der Waals surface area contributed by atoms with Crippen LogP contribution in [0.3, 0.4) is 0 Å². The summed E-state index contributed by atoms with van der Waals surface area (Å²) < 4.78 is 16.6. The first-order valence-corrected chi connectivity index (χ1v) is 6.01. The van der Waals surface area contributed by atoms with Crippen molar-refractivity contribution in [3.8, 4) is 22.8 Å². The zero-order valence-corrected chi connectivity index (χ0v) is 11.9. The molecule has 0 aliphatic carbocycles. The maximum Gasteiger partial charge on any atom is 0.170 e. The highest BCUT2D eigenvalue weighted by Crippen LogP contribution is 2.42. The minimum atomic E-state index is 0.339. The van der Waals surface area contributed by atoms with Crippen LogP contribution in [0, 0.1) is 6.92 Å². The number of aromatic nitrogens is 1. The van der Waals surface area contributed by atoms with Crippen molar-refractivity contribution in [3.63, 3.8) is 0 Å². The van der Waals surface area contributed by atoms with Gasteiger partial charge >= 0.3 is 0 Å². The summed E-state index contributed by atoms with van der Waals surface area (Å²) in [5.41, 5.74) is 7.30. The van der Waals surface area contributed by atoms with Crippen molar-refractivity contribution in [1.82, 2.24) is 5.16 Å². The number of nitrogens with zero attached hydrogens (tertiary/aromatic N) is 1. The highest BCUT2D eigenvalue weighted by atomic mass is 79.9. The van der Waals surface area contributed by atoms with Crippen LogP contribution in [0.25, 0.3) is 11.3 Å². The molecule has 0 spiro atoms. The zero-order valence-electron chi connectivity index (χ0n) is 10.3. The van der Waals surface area contributed by atoms with E-state index in [2.05, 4.69) is 21.1 Å². The van der Waals surface area contributed by atoms with Gasteiger partial charge in [0.1, 0.15) is 0 Å². The van der Waals surface area contributed by atoms with Crippen molar-refractivity contribution in [1.29, 1.82) is 0 Å². The number of anilines is 1. The number of methoxy groups -OCH3 is 2. The molecule has 2 N–H and O–H groups in total. The normalized spacial score (nSPS) is 10.4. The largest absolute Gasteiger partial charge is 0.493 e. The molecular formula is C12H13BrN2O3. The SMILES string of the molecule is COc1cc(Br)c(-c2cc(N)no2)c(C)c1OC. The highest BCUT2D eigenvalue weighted by molar-refractivity contribution is 9.10. The molecule has 0 fully saturated rings.